The molecule has 0 aromatic heterocycles. The molecule has 7 heteroatoms. The first-order valence-electron chi connectivity index (χ1n) is 12.0. The summed E-state index contributed by atoms with van der Waals surface area (Å²) in [7, 11) is 0. The predicted molar refractivity (Wildman–Crippen MR) is 128 cm³/mol. The van der Waals surface area contributed by atoms with Crippen molar-refractivity contribution in [3.05, 3.63) is 59.7 Å². The van der Waals surface area contributed by atoms with Gasteiger partial charge in [0.25, 0.3) is 0 Å². The van der Waals surface area contributed by atoms with Gasteiger partial charge in [0, 0.05) is 5.92 Å². The Bertz CT molecular complexity index is 1040. The highest BCUT2D eigenvalue weighted by molar-refractivity contribution is 5.94. The van der Waals surface area contributed by atoms with Gasteiger partial charge in [-0.05, 0) is 47.9 Å². The number of amides is 2. The van der Waals surface area contributed by atoms with Gasteiger partial charge in [-0.3, -0.25) is 4.79 Å². The summed E-state index contributed by atoms with van der Waals surface area (Å²) in [5.74, 6) is -1.60. The summed E-state index contributed by atoms with van der Waals surface area (Å²) in [4.78, 5) is 38.1. The van der Waals surface area contributed by atoms with Gasteiger partial charge < -0.3 is 20.5 Å². The number of carbonyl (C=O) groups is 3. The van der Waals surface area contributed by atoms with E-state index in [2.05, 4.69) is 22.8 Å². The first-order chi connectivity index (χ1) is 16.4. The fraction of sp³-hybridized carbons (Fsp3) is 0.444. The molecule has 180 valence electrons. The second-order valence-corrected chi connectivity index (χ2v) is 9.29. The number of hydrogen-bond acceptors (Lipinski definition) is 4. The van der Waals surface area contributed by atoms with Crippen LogP contribution in [0.2, 0.25) is 0 Å². The molecule has 0 heterocycles. The van der Waals surface area contributed by atoms with Crippen molar-refractivity contribution in [3.63, 3.8) is 0 Å². The number of carbonyl (C=O) groups excluding carboxylic acids is 2. The molecule has 0 spiro atoms. The molecule has 4 rings (SSSR count). The molecule has 1 fully saturated rings. The van der Waals surface area contributed by atoms with Gasteiger partial charge in [-0.2, -0.15) is 0 Å². The molecule has 1 saturated carbocycles. The van der Waals surface area contributed by atoms with Crippen LogP contribution in [0, 0.1) is 0 Å². The second-order valence-electron chi connectivity index (χ2n) is 9.29. The minimum absolute atomic E-state index is 0.0775. The third kappa shape index (κ3) is 4.15. The van der Waals surface area contributed by atoms with Crippen molar-refractivity contribution in [1.82, 2.24) is 10.6 Å². The van der Waals surface area contributed by atoms with Crippen LogP contribution in [0.5, 0.6) is 0 Å². The molecule has 0 unspecified atom stereocenters. The molecule has 0 aliphatic heterocycles. The maximum atomic E-state index is 13.3. The van der Waals surface area contributed by atoms with Crippen LogP contribution in [-0.4, -0.2) is 40.8 Å². The van der Waals surface area contributed by atoms with Gasteiger partial charge in [0.15, 0.2) is 0 Å². The zero-order valence-electron chi connectivity index (χ0n) is 19.7. The first-order valence-corrected chi connectivity index (χ1v) is 12.0. The monoisotopic (exact) mass is 464 g/mol. The Morgan fingerprint density at radius 2 is 1.50 bits per heavy atom. The number of rotatable bonds is 8. The molecule has 0 radical (unpaired) electrons. The van der Waals surface area contributed by atoms with Gasteiger partial charge in [0.2, 0.25) is 5.91 Å². The van der Waals surface area contributed by atoms with Gasteiger partial charge in [-0.15, -0.1) is 0 Å². The van der Waals surface area contributed by atoms with E-state index in [0.717, 1.165) is 35.1 Å². The third-order valence-corrected chi connectivity index (χ3v) is 7.55. The molecule has 0 atom stereocenters. The summed E-state index contributed by atoms with van der Waals surface area (Å²) in [5, 5.41) is 15.3. The van der Waals surface area contributed by atoms with Gasteiger partial charge >= 0.3 is 12.1 Å². The molecule has 0 bridgehead atoms. The van der Waals surface area contributed by atoms with Crippen LogP contribution in [0.1, 0.15) is 69.4 Å². The minimum atomic E-state index is -1.35. The van der Waals surface area contributed by atoms with Crippen molar-refractivity contribution in [2.45, 2.75) is 69.4 Å². The molecule has 2 amide bonds. The zero-order valence-corrected chi connectivity index (χ0v) is 19.7. The van der Waals surface area contributed by atoms with E-state index in [-0.39, 0.29) is 25.4 Å². The number of aliphatic carboxylic acids is 1. The van der Waals surface area contributed by atoms with E-state index >= 15 is 0 Å². The van der Waals surface area contributed by atoms with Gasteiger partial charge in [0.1, 0.15) is 17.7 Å². The Morgan fingerprint density at radius 1 is 0.971 bits per heavy atom. The molecule has 2 aliphatic carbocycles. The maximum absolute atomic E-state index is 13.3. The Hall–Kier alpha value is -3.35. The van der Waals surface area contributed by atoms with Crippen molar-refractivity contribution >= 4 is 18.0 Å². The van der Waals surface area contributed by atoms with E-state index in [9.17, 15) is 19.5 Å². The van der Waals surface area contributed by atoms with Gasteiger partial charge in [-0.1, -0.05) is 75.2 Å². The molecular weight excluding hydrogens is 432 g/mol. The molecule has 3 N–H and O–H groups in total. The van der Waals surface area contributed by atoms with Crippen molar-refractivity contribution < 1.29 is 24.2 Å². The lowest BCUT2D eigenvalue weighted by Gasteiger charge is -2.35. The molecule has 2 aromatic carbocycles. The fourth-order valence-corrected chi connectivity index (χ4v) is 5.34. The number of nitrogens with one attached hydrogen (secondary N) is 2. The van der Waals surface area contributed by atoms with E-state index in [1.54, 1.807) is 13.8 Å². The van der Waals surface area contributed by atoms with E-state index in [1.165, 1.54) is 0 Å². The first kappa shape index (κ1) is 23.8. The van der Waals surface area contributed by atoms with Gasteiger partial charge in [0.05, 0.1) is 0 Å². The third-order valence-electron chi connectivity index (χ3n) is 7.55. The zero-order chi connectivity index (χ0) is 24.3. The van der Waals surface area contributed by atoms with E-state index in [4.69, 9.17) is 4.74 Å². The van der Waals surface area contributed by atoms with Crippen molar-refractivity contribution in [2.75, 3.05) is 6.61 Å². The summed E-state index contributed by atoms with van der Waals surface area (Å²) >= 11 is 0. The Labute approximate surface area is 199 Å². The average Bonchev–Trinajstić information content (AvgIpc) is 3.44. The number of hydrogen-bond donors (Lipinski definition) is 3. The highest BCUT2D eigenvalue weighted by atomic mass is 16.5. The van der Waals surface area contributed by atoms with Crippen molar-refractivity contribution in [1.29, 1.82) is 0 Å². The van der Waals surface area contributed by atoms with Crippen LogP contribution in [0.4, 0.5) is 4.79 Å². The number of benzene rings is 2. The van der Waals surface area contributed by atoms with E-state index in [0.29, 0.717) is 12.8 Å². The molecule has 34 heavy (non-hydrogen) atoms. The van der Waals surface area contributed by atoms with Crippen LogP contribution in [0.15, 0.2) is 48.5 Å². The SMILES string of the molecule is CCC(CC)(NC(=O)C1(NC(=O)OCC2c3ccccc3-c3ccccc32)CCCC1)C(=O)O. The lowest BCUT2D eigenvalue weighted by molar-refractivity contribution is -0.149. The van der Waals surface area contributed by atoms with Crippen molar-refractivity contribution in [3.8, 4) is 11.1 Å². The molecule has 7 nitrogen and oxygen atoms in total. The number of alkyl carbamates (subject to hydrolysis) is 1. The van der Waals surface area contributed by atoms with Crippen LogP contribution >= 0.6 is 0 Å². The highest BCUT2D eigenvalue weighted by Crippen LogP contribution is 2.44. The normalized spacial score (nSPS) is 16.4. The predicted octanol–water partition coefficient (Wildman–Crippen LogP) is 4.60. The Balaban J connectivity index is 1.47. The smallest absolute Gasteiger partial charge is 0.408 e. The van der Waals surface area contributed by atoms with E-state index in [1.807, 2.05) is 36.4 Å². The second kappa shape index (κ2) is 9.49. The highest BCUT2D eigenvalue weighted by Gasteiger charge is 2.47. The molecule has 0 saturated heterocycles. The topological polar surface area (TPSA) is 105 Å². The molecule has 2 aliphatic rings. The standard InChI is InChI=1S/C27H32N2O5/c1-3-26(4-2,24(31)32)28-23(30)27(15-9-10-16-27)29-25(33)34-17-22-20-13-7-5-11-18(20)19-12-6-8-14-21(19)22/h5-8,11-14,22H,3-4,9-10,15-17H2,1-2H3,(H,28,30)(H,29,33)(H,31,32). The largest absolute Gasteiger partial charge is 0.480 e. The van der Waals surface area contributed by atoms with Crippen LogP contribution < -0.4 is 10.6 Å². The molecular formula is C27H32N2O5. The van der Waals surface area contributed by atoms with Crippen LogP contribution in [0.25, 0.3) is 11.1 Å². The molecule has 2 aromatic rings. The lowest BCUT2D eigenvalue weighted by atomic mass is 9.89. The Kier molecular flexibility index (Phi) is 6.64. The average molecular weight is 465 g/mol. The van der Waals surface area contributed by atoms with Gasteiger partial charge in [-0.25, -0.2) is 9.59 Å². The maximum Gasteiger partial charge on any atom is 0.408 e. The summed E-state index contributed by atoms with van der Waals surface area (Å²) in [5.41, 5.74) is 2.00. The number of carboxylic acids is 1. The quantitative estimate of drug-likeness (QED) is 0.530. The summed E-state index contributed by atoms with van der Waals surface area (Å²) in [6.07, 6.45) is 2.30. The summed E-state index contributed by atoms with van der Waals surface area (Å²) in [6.45, 7) is 3.62. The van der Waals surface area contributed by atoms with Crippen LogP contribution in [0.3, 0.4) is 0 Å². The van der Waals surface area contributed by atoms with E-state index < -0.39 is 29.0 Å². The lowest BCUT2D eigenvalue weighted by Crippen LogP contribution is -2.64. The van der Waals surface area contributed by atoms with Crippen LogP contribution in [-0.2, 0) is 14.3 Å². The Morgan fingerprint density at radius 3 is 2.00 bits per heavy atom. The minimum Gasteiger partial charge on any atom is -0.480 e. The summed E-state index contributed by atoms with van der Waals surface area (Å²) < 4.78 is 5.66. The number of carboxylic acid groups (broad SMARTS) is 1. The fourth-order valence-electron chi connectivity index (χ4n) is 5.34. The van der Waals surface area contributed by atoms with Crippen molar-refractivity contribution in [2.24, 2.45) is 0 Å². The number of fused-ring (bicyclic) bond motifs is 3. The summed E-state index contributed by atoms with van der Waals surface area (Å²) in [6, 6.07) is 16.2. The number of ether oxygens (including phenoxy) is 1.